The van der Waals surface area contributed by atoms with Gasteiger partial charge >= 0.3 is 24.3 Å². The van der Waals surface area contributed by atoms with E-state index in [0.717, 1.165) is 12.1 Å². The molecule has 0 aliphatic carbocycles. The number of carbonyl (C=O) groups is 3. The van der Waals surface area contributed by atoms with Crippen LogP contribution in [0.2, 0.25) is 0 Å². The normalized spacial score (nSPS) is 17.2. The molecule has 0 bridgehead atoms. The quantitative estimate of drug-likeness (QED) is 0.206. The molecule has 3 rings (SSSR count). The predicted molar refractivity (Wildman–Crippen MR) is 162 cm³/mol. The maximum absolute atomic E-state index is 13.2. The molecule has 1 fully saturated rings. The monoisotopic (exact) mass is 653 g/mol. The molecule has 2 N–H and O–H groups in total. The number of esters is 1. The number of alkyl carbamates (subject to hydrolysis) is 1. The zero-order valence-corrected chi connectivity index (χ0v) is 27.3. The molecule has 1 aliphatic rings. The van der Waals surface area contributed by atoms with Crippen LogP contribution in [0.1, 0.15) is 65.5 Å². The van der Waals surface area contributed by atoms with Crippen molar-refractivity contribution in [3.8, 4) is 17.0 Å². The molecule has 2 amide bonds. The van der Waals surface area contributed by atoms with Crippen molar-refractivity contribution in [2.24, 2.45) is 0 Å². The minimum Gasteiger partial charge on any atom is -0.496 e. The summed E-state index contributed by atoms with van der Waals surface area (Å²) in [6.45, 7) is 12.1. The molecule has 1 aromatic heterocycles. The van der Waals surface area contributed by atoms with Crippen LogP contribution in [0, 0.1) is 6.92 Å². The third kappa shape index (κ3) is 10.4. The zero-order chi connectivity index (χ0) is 34.4. The number of aromatic nitrogens is 2. The Balaban J connectivity index is 1.70. The molecule has 1 aromatic carbocycles. The number of likely N-dealkylation sites (tertiary alicyclic amines) is 1. The summed E-state index contributed by atoms with van der Waals surface area (Å²) in [7, 11) is 1.28. The number of ether oxygens (including phenoxy) is 4. The van der Waals surface area contributed by atoms with Crippen LogP contribution in [0.5, 0.6) is 5.75 Å². The Morgan fingerprint density at radius 3 is 2.24 bits per heavy atom. The average molecular weight is 654 g/mol. The highest BCUT2D eigenvalue weighted by atomic mass is 19.4. The first-order chi connectivity index (χ1) is 21.3. The largest absolute Gasteiger partial charge is 0.496 e. The van der Waals surface area contributed by atoms with E-state index in [4.69, 9.17) is 18.9 Å². The Morgan fingerprint density at radius 2 is 1.65 bits per heavy atom. The van der Waals surface area contributed by atoms with Gasteiger partial charge in [0.2, 0.25) is 0 Å². The number of nitrogens with one attached hydrogen (secondary N) is 2. The molecule has 1 unspecified atom stereocenters. The summed E-state index contributed by atoms with van der Waals surface area (Å²) in [5.41, 5.74) is -1.02. The number of rotatable bonds is 8. The molecule has 15 heteroatoms. The highest BCUT2D eigenvalue weighted by Gasteiger charge is 2.39. The Bertz CT molecular complexity index is 1410. The van der Waals surface area contributed by atoms with Crippen LogP contribution in [0.3, 0.4) is 0 Å². The van der Waals surface area contributed by atoms with Crippen LogP contribution in [0.25, 0.3) is 11.3 Å². The van der Waals surface area contributed by atoms with Crippen LogP contribution in [-0.4, -0.2) is 83.3 Å². The summed E-state index contributed by atoms with van der Waals surface area (Å²) >= 11 is 0. The van der Waals surface area contributed by atoms with E-state index in [1.54, 1.807) is 54.5 Å². The number of nitrogens with zero attached hydrogens (tertiary/aromatic N) is 3. The summed E-state index contributed by atoms with van der Waals surface area (Å²) in [5.74, 6) is -0.261. The number of anilines is 1. The van der Waals surface area contributed by atoms with Crippen LogP contribution >= 0.6 is 0 Å². The second-order valence-corrected chi connectivity index (χ2v) is 12.8. The maximum Gasteiger partial charge on any atom is 0.416 e. The first kappa shape index (κ1) is 36.2. The predicted octanol–water partition coefficient (Wildman–Crippen LogP) is 5.73. The molecule has 2 atom stereocenters. The number of amides is 2. The highest BCUT2D eigenvalue weighted by Crippen LogP contribution is 2.37. The first-order valence-corrected chi connectivity index (χ1v) is 14.8. The minimum absolute atomic E-state index is 0.00627. The fourth-order valence-electron chi connectivity index (χ4n) is 4.67. The number of benzene rings is 1. The molecular weight excluding hydrogens is 611 g/mol. The summed E-state index contributed by atoms with van der Waals surface area (Å²) in [6, 6.07) is 3.59. The number of hydrogen-bond donors (Lipinski definition) is 2. The number of methoxy groups -OCH3 is 1. The Labute approximate surface area is 266 Å². The SMILES string of the molecule is COc1cc(C(F)(F)F)ccc1-c1nnc(NC2CC[C@@H](C(=O)OCCNC(=O)OC(C)(C)C)N(C(=O)OC(C)(C)C)C2)cc1C. The summed E-state index contributed by atoms with van der Waals surface area (Å²) in [6.07, 6.45) is -5.15. The number of carbonyl (C=O) groups excluding carboxylic acids is 3. The van der Waals surface area contributed by atoms with E-state index in [2.05, 4.69) is 20.8 Å². The number of aryl methyl sites for hydroxylation is 1. The van der Waals surface area contributed by atoms with Crippen LogP contribution < -0.4 is 15.4 Å². The Hall–Kier alpha value is -4.30. The smallest absolute Gasteiger partial charge is 0.416 e. The number of alkyl halides is 3. The molecule has 0 radical (unpaired) electrons. The third-order valence-corrected chi connectivity index (χ3v) is 6.62. The first-order valence-electron chi connectivity index (χ1n) is 14.8. The van der Waals surface area contributed by atoms with E-state index in [0.29, 0.717) is 29.1 Å². The van der Waals surface area contributed by atoms with E-state index in [1.165, 1.54) is 18.1 Å². The van der Waals surface area contributed by atoms with Gasteiger partial charge in [0.1, 0.15) is 35.4 Å². The van der Waals surface area contributed by atoms with Gasteiger partial charge in [-0.2, -0.15) is 13.2 Å². The van der Waals surface area contributed by atoms with Crippen LogP contribution in [-0.2, 0) is 25.2 Å². The van der Waals surface area contributed by atoms with Gasteiger partial charge in [-0.1, -0.05) is 0 Å². The highest BCUT2D eigenvalue weighted by molar-refractivity contribution is 5.82. The molecule has 0 spiro atoms. The minimum atomic E-state index is -4.53. The third-order valence-electron chi connectivity index (χ3n) is 6.62. The second kappa shape index (κ2) is 14.4. The lowest BCUT2D eigenvalue weighted by molar-refractivity contribution is -0.151. The van der Waals surface area contributed by atoms with E-state index in [-0.39, 0.29) is 37.9 Å². The van der Waals surface area contributed by atoms with Gasteiger partial charge in [0.15, 0.2) is 0 Å². The number of piperidine rings is 1. The fourth-order valence-corrected chi connectivity index (χ4v) is 4.67. The fraction of sp³-hybridized carbons (Fsp3) is 0.581. The van der Waals surface area contributed by atoms with E-state index >= 15 is 0 Å². The lowest BCUT2D eigenvalue weighted by atomic mass is 9.98. The zero-order valence-electron chi connectivity index (χ0n) is 27.3. The van der Waals surface area contributed by atoms with Crippen molar-refractivity contribution < 1.29 is 46.5 Å². The van der Waals surface area contributed by atoms with Crippen molar-refractivity contribution in [1.29, 1.82) is 0 Å². The topological polar surface area (TPSA) is 141 Å². The molecule has 2 heterocycles. The maximum atomic E-state index is 13.2. The molecule has 12 nitrogen and oxygen atoms in total. The number of hydrogen-bond acceptors (Lipinski definition) is 10. The van der Waals surface area contributed by atoms with Gasteiger partial charge in [-0.15, -0.1) is 10.2 Å². The van der Waals surface area contributed by atoms with Crippen molar-refractivity contribution in [1.82, 2.24) is 20.4 Å². The molecule has 46 heavy (non-hydrogen) atoms. The van der Waals surface area contributed by atoms with Gasteiger partial charge < -0.3 is 29.6 Å². The molecule has 254 valence electrons. The van der Waals surface area contributed by atoms with Crippen molar-refractivity contribution in [2.75, 3.05) is 32.1 Å². The average Bonchev–Trinajstić information content (AvgIpc) is 2.92. The van der Waals surface area contributed by atoms with Gasteiger partial charge in [-0.25, -0.2) is 14.4 Å². The molecule has 2 aromatic rings. The Morgan fingerprint density at radius 1 is 0.978 bits per heavy atom. The van der Waals surface area contributed by atoms with E-state index in [1.807, 2.05) is 0 Å². The summed E-state index contributed by atoms with van der Waals surface area (Å²) < 4.78 is 60.9. The summed E-state index contributed by atoms with van der Waals surface area (Å²) in [5, 5.41) is 14.2. The van der Waals surface area contributed by atoms with Crippen molar-refractivity contribution >= 4 is 24.0 Å². The van der Waals surface area contributed by atoms with Gasteiger partial charge in [0.25, 0.3) is 0 Å². The lowest BCUT2D eigenvalue weighted by Crippen LogP contribution is -2.55. The molecule has 1 saturated heterocycles. The molecule has 1 aliphatic heterocycles. The Kier molecular flexibility index (Phi) is 11.3. The molecule has 0 saturated carbocycles. The van der Waals surface area contributed by atoms with Crippen molar-refractivity contribution in [3.05, 3.63) is 35.4 Å². The van der Waals surface area contributed by atoms with E-state index < -0.39 is 47.1 Å². The van der Waals surface area contributed by atoms with Crippen LogP contribution in [0.4, 0.5) is 28.6 Å². The van der Waals surface area contributed by atoms with Gasteiger partial charge in [-0.05, 0) is 91.1 Å². The van der Waals surface area contributed by atoms with Crippen LogP contribution in [0.15, 0.2) is 24.3 Å². The lowest BCUT2D eigenvalue weighted by Gasteiger charge is -2.39. The molecular formula is C31H42F3N5O7. The van der Waals surface area contributed by atoms with Crippen molar-refractivity contribution in [3.63, 3.8) is 0 Å². The van der Waals surface area contributed by atoms with Gasteiger partial charge in [-0.3, -0.25) is 4.90 Å². The number of halogens is 3. The second-order valence-electron chi connectivity index (χ2n) is 12.8. The standard InChI is InChI=1S/C31H42F3N5O7/c1-18-15-24(37-38-25(18)21-11-9-19(31(32,33)34)16-23(21)43-8)36-20-10-12-22(39(17-20)28(42)46-30(5,6)7)26(40)44-14-13-35-27(41)45-29(2,3)4/h9,11,15-16,20,22H,10,12-14,17H2,1-8H3,(H,35,41)(H,36,37)/t20?,22-/m0/s1. The van der Waals surface area contributed by atoms with Gasteiger partial charge in [0.05, 0.1) is 24.9 Å². The van der Waals surface area contributed by atoms with Crippen molar-refractivity contribution in [2.45, 2.75) is 90.8 Å². The summed E-state index contributed by atoms with van der Waals surface area (Å²) in [4.78, 5) is 39.3. The van der Waals surface area contributed by atoms with E-state index in [9.17, 15) is 27.6 Å². The van der Waals surface area contributed by atoms with Gasteiger partial charge in [0, 0.05) is 18.2 Å².